The normalized spacial score (nSPS) is 10.1. The molecule has 2 nitrogen and oxygen atoms in total. The number of aryl methyl sites for hydroxylation is 2. The summed E-state index contributed by atoms with van der Waals surface area (Å²) in [6, 6.07) is 3.34. The second-order valence-electron chi connectivity index (χ2n) is 2.92. The molecule has 0 fully saturated rings. The summed E-state index contributed by atoms with van der Waals surface area (Å²) in [5, 5.41) is 9.50. The van der Waals surface area contributed by atoms with Crippen molar-refractivity contribution >= 4 is 17.6 Å². The second-order valence-corrected chi connectivity index (χ2v) is 3.32. The van der Waals surface area contributed by atoms with Crippen molar-refractivity contribution < 1.29 is 9.90 Å². The first-order valence-corrected chi connectivity index (χ1v) is 4.46. The lowest BCUT2D eigenvalue weighted by molar-refractivity contribution is 0.0695. The summed E-state index contributed by atoms with van der Waals surface area (Å²) in [7, 11) is 0. The van der Waals surface area contributed by atoms with Crippen LogP contribution in [0.2, 0.25) is 5.02 Å². The Kier molecular flexibility index (Phi) is 2.94. The molecule has 0 spiro atoms. The standard InChI is InChI=1S/C10H11ClO2/c1-3-7-5-9(11)6(2)4-8(7)10(12)13/h4-5H,3H2,1-2H3,(H,12,13). The van der Waals surface area contributed by atoms with Crippen molar-refractivity contribution in [3.63, 3.8) is 0 Å². The molecule has 1 aromatic carbocycles. The number of carboxylic acid groups (broad SMARTS) is 1. The Morgan fingerprint density at radius 2 is 2.15 bits per heavy atom. The Morgan fingerprint density at radius 3 is 2.62 bits per heavy atom. The highest BCUT2D eigenvalue weighted by Crippen LogP contribution is 2.21. The Balaban J connectivity index is 3.33. The molecule has 1 N–H and O–H groups in total. The van der Waals surface area contributed by atoms with E-state index in [1.165, 1.54) is 0 Å². The highest BCUT2D eigenvalue weighted by molar-refractivity contribution is 6.31. The van der Waals surface area contributed by atoms with E-state index in [-0.39, 0.29) is 0 Å². The highest BCUT2D eigenvalue weighted by Gasteiger charge is 2.10. The minimum absolute atomic E-state index is 0.351. The van der Waals surface area contributed by atoms with Gasteiger partial charge in [0.2, 0.25) is 0 Å². The van der Waals surface area contributed by atoms with Gasteiger partial charge >= 0.3 is 5.97 Å². The zero-order chi connectivity index (χ0) is 10.0. The molecule has 1 rings (SSSR count). The predicted molar refractivity (Wildman–Crippen MR) is 52.5 cm³/mol. The van der Waals surface area contributed by atoms with Crippen molar-refractivity contribution in [1.82, 2.24) is 0 Å². The van der Waals surface area contributed by atoms with Gasteiger partial charge in [-0.15, -0.1) is 0 Å². The molecule has 0 amide bonds. The lowest BCUT2D eigenvalue weighted by Gasteiger charge is -2.06. The Labute approximate surface area is 82.2 Å². The average Bonchev–Trinajstić information content (AvgIpc) is 2.08. The molecule has 0 aliphatic rings. The minimum atomic E-state index is -0.892. The van der Waals surface area contributed by atoms with E-state index in [0.717, 1.165) is 11.1 Å². The minimum Gasteiger partial charge on any atom is -0.478 e. The number of halogens is 1. The van der Waals surface area contributed by atoms with Crippen LogP contribution in [0.5, 0.6) is 0 Å². The van der Waals surface area contributed by atoms with E-state index in [2.05, 4.69) is 0 Å². The van der Waals surface area contributed by atoms with Gasteiger partial charge in [0.25, 0.3) is 0 Å². The molecular formula is C10H11ClO2. The molecule has 0 aliphatic carbocycles. The summed E-state index contributed by atoms with van der Waals surface area (Å²) in [5.74, 6) is -0.892. The number of benzene rings is 1. The zero-order valence-electron chi connectivity index (χ0n) is 7.60. The first-order valence-electron chi connectivity index (χ1n) is 4.08. The van der Waals surface area contributed by atoms with Crippen LogP contribution in [-0.2, 0) is 6.42 Å². The average molecular weight is 199 g/mol. The summed E-state index contributed by atoms with van der Waals surface area (Å²) in [6.45, 7) is 3.71. The van der Waals surface area contributed by atoms with Crippen LogP contribution in [0.4, 0.5) is 0 Å². The molecular weight excluding hydrogens is 188 g/mol. The van der Waals surface area contributed by atoms with Crippen molar-refractivity contribution in [3.8, 4) is 0 Å². The van der Waals surface area contributed by atoms with Gasteiger partial charge in [-0.2, -0.15) is 0 Å². The molecule has 0 bridgehead atoms. The lowest BCUT2D eigenvalue weighted by Crippen LogP contribution is -2.02. The summed E-state index contributed by atoms with van der Waals surface area (Å²) < 4.78 is 0. The van der Waals surface area contributed by atoms with Crippen LogP contribution in [0, 0.1) is 6.92 Å². The number of carboxylic acids is 1. The van der Waals surface area contributed by atoms with Crippen LogP contribution in [-0.4, -0.2) is 11.1 Å². The number of hydrogen-bond acceptors (Lipinski definition) is 1. The zero-order valence-corrected chi connectivity index (χ0v) is 8.35. The molecule has 0 saturated carbocycles. The van der Waals surface area contributed by atoms with Gasteiger partial charge in [0, 0.05) is 5.02 Å². The van der Waals surface area contributed by atoms with Crippen molar-refractivity contribution in [2.75, 3.05) is 0 Å². The SMILES string of the molecule is CCc1cc(Cl)c(C)cc1C(=O)O. The van der Waals surface area contributed by atoms with Gasteiger partial charge < -0.3 is 5.11 Å². The number of carbonyl (C=O) groups is 1. The molecule has 0 saturated heterocycles. The fraction of sp³-hybridized carbons (Fsp3) is 0.300. The van der Waals surface area contributed by atoms with Crippen molar-refractivity contribution in [1.29, 1.82) is 0 Å². The molecule has 70 valence electrons. The largest absolute Gasteiger partial charge is 0.478 e. The topological polar surface area (TPSA) is 37.3 Å². The maximum atomic E-state index is 10.8. The van der Waals surface area contributed by atoms with Gasteiger partial charge in [0.1, 0.15) is 0 Å². The Bertz CT molecular complexity index is 345. The molecule has 0 radical (unpaired) electrons. The van der Waals surface area contributed by atoms with Gasteiger partial charge in [-0.05, 0) is 36.6 Å². The first kappa shape index (κ1) is 10.1. The molecule has 0 aliphatic heterocycles. The maximum absolute atomic E-state index is 10.8. The van der Waals surface area contributed by atoms with E-state index in [9.17, 15) is 4.79 Å². The van der Waals surface area contributed by atoms with Gasteiger partial charge in [-0.1, -0.05) is 18.5 Å². The number of aromatic carboxylic acids is 1. The van der Waals surface area contributed by atoms with E-state index in [4.69, 9.17) is 16.7 Å². The second kappa shape index (κ2) is 3.79. The Morgan fingerprint density at radius 1 is 1.54 bits per heavy atom. The van der Waals surface area contributed by atoms with Gasteiger partial charge in [-0.3, -0.25) is 0 Å². The molecule has 13 heavy (non-hydrogen) atoms. The summed E-state index contributed by atoms with van der Waals surface area (Å²) in [4.78, 5) is 10.8. The predicted octanol–water partition coefficient (Wildman–Crippen LogP) is 2.91. The molecule has 0 aromatic heterocycles. The van der Waals surface area contributed by atoms with Crippen LogP contribution in [0.1, 0.15) is 28.4 Å². The maximum Gasteiger partial charge on any atom is 0.335 e. The van der Waals surface area contributed by atoms with E-state index < -0.39 is 5.97 Å². The molecule has 3 heteroatoms. The van der Waals surface area contributed by atoms with Crippen LogP contribution >= 0.6 is 11.6 Å². The third kappa shape index (κ3) is 2.01. The van der Waals surface area contributed by atoms with E-state index in [1.807, 2.05) is 6.92 Å². The number of hydrogen-bond donors (Lipinski definition) is 1. The lowest BCUT2D eigenvalue weighted by atomic mass is 10.0. The van der Waals surface area contributed by atoms with Crippen LogP contribution < -0.4 is 0 Å². The van der Waals surface area contributed by atoms with E-state index in [0.29, 0.717) is 17.0 Å². The van der Waals surface area contributed by atoms with Gasteiger partial charge in [0.05, 0.1) is 5.56 Å². The fourth-order valence-corrected chi connectivity index (χ4v) is 1.40. The molecule has 0 heterocycles. The van der Waals surface area contributed by atoms with Crippen LogP contribution in [0.25, 0.3) is 0 Å². The third-order valence-electron chi connectivity index (χ3n) is 2.00. The van der Waals surface area contributed by atoms with Crippen molar-refractivity contribution in [2.45, 2.75) is 20.3 Å². The summed E-state index contributed by atoms with van der Waals surface area (Å²) in [5.41, 5.74) is 1.93. The third-order valence-corrected chi connectivity index (χ3v) is 2.40. The van der Waals surface area contributed by atoms with Crippen molar-refractivity contribution in [2.24, 2.45) is 0 Å². The quantitative estimate of drug-likeness (QED) is 0.794. The summed E-state index contributed by atoms with van der Waals surface area (Å²) >= 11 is 5.88. The molecule has 0 unspecified atom stereocenters. The van der Waals surface area contributed by atoms with Crippen LogP contribution in [0.3, 0.4) is 0 Å². The molecule has 1 aromatic rings. The van der Waals surface area contributed by atoms with Crippen molar-refractivity contribution in [3.05, 3.63) is 33.8 Å². The van der Waals surface area contributed by atoms with E-state index >= 15 is 0 Å². The smallest absolute Gasteiger partial charge is 0.335 e. The molecule has 0 atom stereocenters. The van der Waals surface area contributed by atoms with Crippen LogP contribution in [0.15, 0.2) is 12.1 Å². The summed E-state index contributed by atoms with van der Waals surface area (Å²) in [6.07, 6.45) is 0.682. The Hall–Kier alpha value is -1.02. The van der Waals surface area contributed by atoms with Gasteiger partial charge in [0.15, 0.2) is 0 Å². The first-order chi connectivity index (χ1) is 6.06. The van der Waals surface area contributed by atoms with Gasteiger partial charge in [-0.25, -0.2) is 4.79 Å². The highest BCUT2D eigenvalue weighted by atomic mass is 35.5. The number of rotatable bonds is 2. The fourth-order valence-electron chi connectivity index (χ4n) is 1.21. The van der Waals surface area contributed by atoms with E-state index in [1.54, 1.807) is 19.1 Å². The monoisotopic (exact) mass is 198 g/mol.